The fourth-order valence-corrected chi connectivity index (χ4v) is 1.39. The number of phenolic OH excluding ortho intramolecular Hbond substituents is 1. The first-order chi connectivity index (χ1) is 8.11. The molecule has 6 nitrogen and oxygen atoms in total. The van der Waals surface area contributed by atoms with Gasteiger partial charge in [-0.3, -0.25) is 0 Å². The van der Waals surface area contributed by atoms with Crippen LogP contribution in [0.15, 0.2) is 28.8 Å². The molecule has 0 bridgehead atoms. The summed E-state index contributed by atoms with van der Waals surface area (Å²) in [7, 11) is 1.44. The second-order valence-electron chi connectivity index (χ2n) is 3.27. The van der Waals surface area contributed by atoms with Gasteiger partial charge in [-0.25, -0.2) is 4.79 Å². The third-order valence-electron chi connectivity index (χ3n) is 2.18. The number of ether oxygens (including phenoxy) is 1. The van der Waals surface area contributed by atoms with Gasteiger partial charge in [-0.15, -0.1) is 0 Å². The highest BCUT2D eigenvalue weighted by Crippen LogP contribution is 2.32. The SMILES string of the molecule is COc1cc(O)ccc1-c1cc(C(=O)O)on1. The van der Waals surface area contributed by atoms with E-state index in [1.807, 2.05) is 0 Å². The van der Waals surface area contributed by atoms with E-state index in [2.05, 4.69) is 9.68 Å². The van der Waals surface area contributed by atoms with Crippen molar-refractivity contribution in [2.75, 3.05) is 7.11 Å². The van der Waals surface area contributed by atoms with E-state index in [1.54, 1.807) is 6.07 Å². The second-order valence-corrected chi connectivity index (χ2v) is 3.27. The van der Waals surface area contributed by atoms with Crippen LogP contribution in [-0.2, 0) is 0 Å². The van der Waals surface area contributed by atoms with Crippen LogP contribution in [-0.4, -0.2) is 28.4 Å². The Morgan fingerprint density at radius 2 is 2.18 bits per heavy atom. The van der Waals surface area contributed by atoms with Crippen molar-refractivity contribution in [2.24, 2.45) is 0 Å². The van der Waals surface area contributed by atoms with E-state index < -0.39 is 5.97 Å². The third kappa shape index (κ3) is 2.05. The van der Waals surface area contributed by atoms with Crippen LogP contribution in [0.3, 0.4) is 0 Å². The molecule has 2 N–H and O–H groups in total. The highest BCUT2D eigenvalue weighted by molar-refractivity contribution is 5.86. The summed E-state index contributed by atoms with van der Waals surface area (Å²) >= 11 is 0. The number of aromatic carboxylic acids is 1. The largest absolute Gasteiger partial charge is 0.508 e. The molecule has 1 heterocycles. The van der Waals surface area contributed by atoms with E-state index in [0.717, 1.165) is 0 Å². The number of carboxylic acids is 1. The summed E-state index contributed by atoms with van der Waals surface area (Å²) in [4.78, 5) is 10.6. The van der Waals surface area contributed by atoms with Crippen LogP contribution in [0.1, 0.15) is 10.6 Å². The summed E-state index contributed by atoms with van der Waals surface area (Å²) in [5.41, 5.74) is 0.876. The molecule has 2 rings (SSSR count). The van der Waals surface area contributed by atoms with Crippen molar-refractivity contribution < 1.29 is 24.3 Å². The van der Waals surface area contributed by atoms with E-state index in [4.69, 9.17) is 9.84 Å². The number of hydrogen-bond acceptors (Lipinski definition) is 5. The molecule has 0 aliphatic rings. The van der Waals surface area contributed by atoms with Crippen LogP contribution in [0.2, 0.25) is 0 Å². The number of nitrogens with zero attached hydrogens (tertiary/aromatic N) is 1. The first-order valence-electron chi connectivity index (χ1n) is 4.69. The van der Waals surface area contributed by atoms with Gasteiger partial charge in [-0.05, 0) is 12.1 Å². The predicted molar refractivity (Wildman–Crippen MR) is 57.1 cm³/mol. The summed E-state index contributed by atoms with van der Waals surface area (Å²) in [5.74, 6) is -1.01. The minimum absolute atomic E-state index is 0.0487. The Bertz CT molecular complexity index is 561. The molecule has 17 heavy (non-hydrogen) atoms. The molecule has 0 aliphatic carbocycles. The topological polar surface area (TPSA) is 92.8 Å². The fourth-order valence-electron chi connectivity index (χ4n) is 1.39. The molecule has 6 heteroatoms. The lowest BCUT2D eigenvalue weighted by Gasteiger charge is -2.05. The van der Waals surface area contributed by atoms with E-state index in [9.17, 15) is 9.90 Å². The van der Waals surface area contributed by atoms with Crippen LogP contribution in [0.25, 0.3) is 11.3 Å². The van der Waals surface area contributed by atoms with E-state index in [0.29, 0.717) is 17.0 Å². The molecule has 0 radical (unpaired) electrons. The zero-order valence-corrected chi connectivity index (χ0v) is 8.88. The van der Waals surface area contributed by atoms with Gasteiger partial charge < -0.3 is 19.5 Å². The molecule has 0 atom stereocenters. The zero-order valence-electron chi connectivity index (χ0n) is 8.88. The molecular weight excluding hydrogens is 226 g/mol. The maximum absolute atomic E-state index is 10.6. The zero-order chi connectivity index (χ0) is 12.4. The number of methoxy groups -OCH3 is 1. The van der Waals surface area contributed by atoms with Crippen molar-refractivity contribution in [2.45, 2.75) is 0 Å². The Labute approximate surface area is 96.0 Å². The summed E-state index contributed by atoms with van der Waals surface area (Å²) in [6.45, 7) is 0. The first kappa shape index (κ1) is 11.0. The van der Waals surface area contributed by atoms with Crippen molar-refractivity contribution in [3.8, 4) is 22.8 Å². The molecule has 0 saturated heterocycles. The molecule has 88 valence electrons. The third-order valence-corrected chi connectivity index (χ3v) is 2.18. The molecule has 0 aliphatic heterocycles. The monoisotopic (exact) mass is 235 g/mol. The Balaban J connectivity index is 2.48. The van der Waals surface area contributed by atoms with Crippen LogP contribution >= 0.6 is 0 Å². The predicted octanol–water partition coefficient (Wildman–Crippen LogP) is 1.75. The highest BCUT2D eigenvalue weighted by Gasteiger charge is 2.15. The number of carboxylic acid groups (broad SMARTS) is 1. The Morgan fingerprint density at radius 1 is 1.41 bits per heavy atom. The lowest BCUT2D eigenvalue weighted by molar-refractivity contribution is 0.0652. The Kier molecular flexibility index (Phi) is 2.70. The number of aromatic hydroxyl groups is 1. The molecule has 0 saturated carbocycles. The summed E-state index contributed by atoms with van der Waals surface area (Å²) in [5, 5.41) is 21.6. The van der Waals surface area contributed by atoms with Crippen LogP contribution in [0, 0.1) is 0 Å². The van der Waals surface area contributed by atoms with E-state index in [-0.39, 0.29) is 11.5 Å². The standard InChI is InChI=1S/C11H9NO5/c1-16-9-4-6(13)2-3-7(9)8-5-10(11(14)15)17-12-8/h2-5,13H,1H3,(H,14,15). The van der Waals surface area contributed by atoms with Gasteiger partial charge in [0.05, 0.1) is 7.11 Å². The molecule has 0 amide bonds. The van der Waals surface area contributed by atoms with Gasteiger partial charge in [-0.2, -0.15) is 0 Å². The summed E-state index contributed by atoms with van der Waals surface area (Å²) < 4.78 is 9.70. The maximum atomic E-state index is 10.6. The van der Waals surface area contributed by atoms with Gasteiger partial charge in [0.1, 0.15) is 17.2 Å². The second kappa shape index (κ2) is 4.17. The molecule has 1 aromatic heterocycles. The Hall–Kier alpha value is -2.50. The number of carbonyl (C=O) groups is 1. The molecular formula is C11H9NO5. The maximum Gasteiger partial charge on any atom is 0.374 e. The summed E-state index contributed by atoms with van der Waals surface area (Å²) in [6.07, 6.45) is 0. The van der Waals surface area contributed by atoms with Gasteiger partial charge in [0, 0.05) is 17.7 Å². The minimum atomic E-state index is -1.19. The average molecular weight is 235 g/mol. The van der Waals surface area contributed by atoms with Gasteiger partial charge in [0.2, 0.25) is 5.76 Å². The van der Waals surface area contributed by atoms with Crippen molar-refractivity contribution in [3.05, 3.63) is 30.0 Å². The van der Waals surface area contributed by atoms with Gasteiger partial charge >= 0.3 is 5.97 Å². The van der Waals surface area contributed by atoms with Crippen LogP contribution in [0.5, 0.6) is 11.5 Å². The van der Waals surface area contributed by atoms with Crippen molar-refractivity contribution in [3.63, 3.8) is 0 Å². The first-order valence-corrected chi connectivity index (χ1v) is 4.69. The highest BCUT2D eigenvalue weighted by atomic mass is 16.5. The molecule has 2 aromatic rings. The normalized spacial score (nSPS) is 10.2. The van der Waals surface area contributed by atoms with Crippen LogP contribution in [0.4, 0.5) is 0 Å². The van der Waals surface area contributed by atoms with Crippen molar-refractivity contribution in [1.29, 1.82) is 0 Å². The van der Waals surface area contributed by atoms with Gasteiger partial charge in [0.25, 0.3) is 0 Å². The number of hydrogen-bond donors (Lipinski definition) is 2. The number of benzene rings is 1. The van der Waals surface area contributed by atoms with Crippen molar-refractivity contribution in [1.82, 2.24) is 5.16 Å². The van der Waals surface area contributed by atoms with E-state index in [1.165, 1.54) is 25.3 Å². The quantitative estimate of drug-likeness (QED) is 0.841. The smallest absolute Gasteiger partial charge is 0.374 e. The van der Waals surface area contributed by atoms with Gasteiger partial charge in [0.15, 0.2) is 0 Å². The number of rotatable bonds is 3. The van der Waals surface area contributed by atoms with E-state index >= 15 is 0 Å². The lowest BCUT2D eigenvalue weighted by Crippen LogP contribution is -1.91. The van der Waals surface area contributed by atoms with Crippen LogP contribution < -0.4 is 4.74 Å². The average Bonchev–Trinajstić information content (AvgIpc) is 2.78. The number of phenols is 1. The minimum Gasteiger partial charge on any atom is -0.508 e. The van der Waals surface area contributed by atoms with Gasteiger partial charge in [-0.1, -0.05) is 5.16 Å². The lowest BCUT2D eigenvalue weighted by atomic mass is 10.1. The summed E-state index contributed by atoms with van der Waals surface area (Å²) in [6, 6.07) is 5.71. The number of aromatic nitrogens is 1. The molecule has 0 unspecified atom stereocenters. The molecule has 1 aromatic carbocycles. The fraction of sp³-hybridized carbons (Fsp3) is 0.0909. The Morgan fingerprint density at radius 3 is 2.76 bits per heavy atom. The molecule has 0 fully saturated rings. The van der Waals surface area contributed by atoms with Crippen molar-refractivity contribution >= 4 is 5.97 Å². The molecule has 0 spiro atoms.